The van der Waals surface area contributed by atoms with Gasteiger partial charge in [0.25, 0.3) is 0 Å². The SMILES string of the molecule is OC(Cc1ccccc1Cl)(CN1CNCN1)C1(Cl)CC1. The van der Waals surface area contributed by atoms with Crippen molar-refractivity contribution in [2.24, 2.45) is 0 Å². The molecule has 1 atom stereocenters. The van der Waals surface area contributed by atoms with Gasteiger partial charge in [0.15, 0.2) is 0 Å². The summed E-state index contributed by atoms with van der Waals surface area (Å²) >= 11 is 12.8. The molecule has 20 heavy (non-hydrogen) atoms. The molecule has 0 aromatic heterocycles. The van der Waals surface area contributed by atoms with Gasteiger partial charge in [-0.05, 0) is 24.5 Å². The zero-order valence-electron chi connectivity index (χ0n) is 11.2. The summed E-state index contributed by atoms with van der Waals surface area (Å²) in [5.74, 6) is 0. The Morgan fingerprint density at radius 3 is 2.70 bits per heavy atom. The fourth-order valence-electron chi connectivity index (χ4n) is 2.73. The number of rotatable bonds is 5. The van der Waals surface area contributed by atoms with Gasteiger partial charge < -0.3 is 5.11 Å². The van der Waals surface area contributed by atoms with E-state index in [4.69, 9.17) is 23.2 Å². The second-order valence-electron chi connectivity index (χ2n) is 5.71. The van der Waals surface area contributed by atoms with E-state index in [9.17, 15) is 5.11 Å². The normalized spacial score (nSPS) is 24.6. The molecule has 1 saturated heterocycles. The van der Waals surface area contributed by atoms with Crippen molar-refractivity contribution in [3.8, 4) is 0 Å². The first-order chi connectivity index (χ1) is 9.52. The summed E-state index contributed by atoms with van der Waals surface area (Å²) in [7, 11) is 0. The molecule has 1 unspecified atom stereocenters. The van der Waals surface area contributed by atoms with E-state index in [0.29, 0.717) is 24.7 Å². The third-order valence-corrected chi connectivity index (χ3v) is 5.24. The summed E-state index contributed by atoms with van der Waals surface area (Å²) in [5, 5.41) is 17.0. The first kappa shape index (κ1) is 14.6. The maximum Gasteiger partial charge on any atom is 0.102 e. The number of hydrogen-bond acceptors (Lipinski definition) is 4. The minimum Gasteiger partial charge on any atom is -0.386 e. The molecule has 1 heterocycles. The Bertz CT molecular complexity index is 489. The molecule has 110 valence electrons. The molecule has 0 amide bonds. The molecule has 2 fully saturated rings. The van der Waals surface area contributed by atoms with Crippen molar-refractivity contribution < 1.29 is 5.11 Å². The molecule has 0 bridgehead atoms. The lowest BCUT2D eigenvalue weighted by Gasteiger charge is -2.36. The van der Waals surface area contributed by atoms with Gasteiger partial charge in [-0.15, -0.1) is 11.6 Å². The zero-order valence-corrected chi connectivity index (χ0v) is 12.7. The minimum absolute atomic E-state index is 0.467. The quantitative estimate of drug-likeness (QED) is 0.724. The molecule has 0 spiro atoms. The van der Waals surface area contributed by atoms with Crippen LogP contribution in [0.4, 0.5) is 0 Å². The lowest BCUT2D eigenvalue weighted by atomic mass is 9.88. The second kappa shape index (κ2) is 5.44. The van der Waals surface area contributed by atoms with Gasteiger partial charge >= 0.3 is 0 Å². The minimum atomic E-state index is -0.988. The third-order valence-electron chi connectivity index (χ3n) is 4.15. The summed E-state index contributed by atoms with van der Waals surface area (Å²) in [4.78, 5) is -0.531. The van der Waals surface area contributed by atoms with Crippen LogP contribution in [0.3, 0.4) is 0 Å². The number of β-amino-alcohol motifs (C(OH)–C–C–N with tert-alkyl or cyclic N) is 1. The summed E-state index contributed by atoms with van der Waals surface area (Å²) in [5.41, 5.74) is 3.14. The van der Waals surface area contributed by atoms with Gasteiger partial charge in [0.05, 0.1) is 18.2 Å². The van der Waals surface area contributed by atoms with E-state index >= 15 is 0 Å². The van der Waals surface area contributed by atoms with Gasteiger partial charge in [-0.3, -0.25) is 5.32 Å². The molecule has 3 rings (SSSR count). The second-order valence-corrected chi connectivity index (χ2v) is 6.84. The molecule has 6 heteroatoms. The van der Waals surface area contributed by atoms with Crippen molar-refractivity contribution in [3.05, 3.63) is 34.9 Å². The highest BCUT2D eigenvalue weighted by Crippen LogP contribution is 2.52. The van der Waals surface area contributed by atoms with Crippen LogP contribution in [0.25, 0.3) is 0 Å². The predicted octanol–water partition coefficient (Wildman–Crippen LogP) is 1.71. The largest absolute Gasteiger partial charge is 0.386 e. The number of hydrogen-bond donors (Lipinski definition) is 3. The monoisotopic (exact) mass is 315 g/mol. The average molecular weight is 316 g/mol. The first-order valence-corrected chi connectivity index (χ1v) is 7.62. The van der Waals surface area contributed by atoms with Crippen LogP contribution in [0.2, 0.25) is 5.02 Å². The van der Waals surface area contributed by atoms with Crippen LogP contribution in [0.15, 0.2) is 24.3 Å². The number of alkyl halides is 1. The van der Waals surface area contributed by atoms with Crippen molar-refractivity contribution in [2.45, 2.75) is 29.7 Å². The molecular formula is C14H19Cl2N3O. The molecular weight excluding hydrogens is 297 g/mol. The zero-order chi connectivity index (χ0) is 14.2. The van der Waals surface area contributed by atoms with Crippen LogP contribution in [0, 0.1) is 0 Å². The lowest BCUT2D eigenvalue weighted by molar-refractivity contribution is -0.0126. The number of aliphatic hydroxyl groups is 1. The molecule has 0 radical (unpaired) electrons. The third kappa shape index (κ3) is 2.82. The van der Waals surface area contributed by atoms with Crippen molar-refractivity contribution in [2.75, 3.05) is 19.9 Å². The smallest absolute Gasteiger partial charge is 0.102 e. The molecule has 1 aromatic carbocycles. The van der Waals surface area contributed by atoms with E-state index in [1.54, 1.807) is 0 Å². The summed E-state index contributed by atoms with van der Waals surface area (Å²) in [6.45, 7) is 1.91. The number of nitrogens with one attached hydrogen (secondary N) is 2. The number of benzene rings is 1. The van der Waals surface area contributed by atoms with Crippen molar-refractivity contribution in [1.82, 2.24) is 15.8 Å². The topological polar surface area (TPSA) is 47.5 Å². The van der Waals surface area contributed by atoms with Crippen LogP contribution < -0.4 is 10.7 Å². The highest BCUT2D eigenvalue weighted by atomic mass is 35.5. The molecule has 1 aliphatic carbocycles. The van der Waals surface area contributed by atoms with Gasteiger partial charge in [0, 0.05) is 18.0 Å². The first-order valence-electron chi connectivity index (χ1n) is 6.86. The van der Waals surface area contributed by atoms with Gasteiger partial charge in [-0.1, -0.05) is 29.8 Å². The Hall–Kier alpha value is -0.360. The van der Waals surface area contributed by atoms with E-state index in [0.717, 1.165) is 25.1 Å². The van der Waals surface area contributed by atoms with Crippen molar-refractivity contribution in [1.29, 1.82) is 0 Å². The standard InChI is InChI=1S/C14H19Cl2N3O/c15-12-4-2-1-3-11(12)7-14(20,13(16)5-6-13)8-19-10-17-9-18-19/h1-4,17-18,20H,5-10H2. The molecule has 2 aliphatic rings. The Balaban J connectivity index is 1.80. The molecule has 1 aliphatic heterocycles. The Morgan fingerprint density at radius 1 is 1.35 bits per heavy atom. The Labute approximate surface area is 129 Å². The summed E-state index contributed by atoms with van der Waals surface area (Å²) in [6.07, 6.45) is 2.15. The molecule has 1 saturated carbocycles. The fourth-order valence-corrected chi connectivity index (χ4v) is 3.15. The van der Waals surface area contributed by atoms with Gasteiger partial charge in [-0.25, -0.2) is 10.4 Å². The highest BCUT2D eigenvalue weighted by Gasteiger charge is 2.58. The fraction of sp³-hybridized carbons (Fsp3) is 0.571. The van der Waals surface area contributed by atoms with Gasteiger partial charge in [-0.2, -0.15) is 0 Å². The Kier molecular flexibility index (Phi) is 3.97. The molecule has 1 aromatic rings. The van der Waals surface area contributed by atoms with E-state index in [2.05, 4.69) is 10.7 Å². The highest BCUT2D eigenvalue weighted by molar-refractivity contribution is 6.31. The van der Waals surface area contributed by atoms with Crippen molar-refractivity contribution >= 4 is 23.2 Å². The number of halogens is 2. The lowest BCUT2D eigenvalue weighted by Crippen LogP contribution is -2.54. The number of hydrazine groups is 1. The van der Waals surface area contributed by atoms with Crippen LogP contribution in [-0.4, -0.2) is 40.5 Å². The van der Waals surface area contributed by atoms with Crippen LogP contribution in [0.1, 0.15) is 18.4 Å². The van der Waals surface area contributed by atoms with E-state index in [-0.39, 0.29) is 0 Å². The molecule has 3 N–H and O–H groups in total. The maximum atomic E-state index is 11.1. The number of nitrogens with zero attached hydrogens (tertiary/aromatic N) is 1. The predicted molar refractivity (Wildman–Crippen MR) is 80.6 cm³/mol. The molecule has 4 nitrogen and oxygen atoms in total. The van der Waals surface area contributed by atoms with E-state index < -0.39 is 10.5 Å². The van der Waals surface area contributed by atoms with Gasteiger partial charge in [0.2, 0.25) is 0 Å². The average Bonchev–Trinajstić information content (AvgIpc) is 2.98. The van der Waals surface area contributed by atoms with Crippen LogP contribution in [-0.2, 0) is 6.42 Å². The summed E-state index contributed by atoms with van der Waals surface area (Å²) < 4.78 is 0. The van der Waals surface area contributed by atoms with Crippen LogP contribution in [0.5, 0.6) is 0 Å². The van der Waals surface area contributed by atoms with E-state index in [1.807, 2.05) is 29.3 Å². The van der Waals surface area contributed by atoms with Crippen molar-refractivity contribution in [3.63, 3.8) is 0 Å². The maximum absolute atomic E-state index is 11.1. The van der Waals surface area contributed by atoms with Crippen LogP contribution >= 0.6 is 23.2 Å². The summed E-state index contributed by atoms with van der Waals surface area (Å²) in [6, 6.07) is 7.63. The van der Waals surface area contributed by atoms with Gasteiger partial charge in [0.1, 0.15) is 5.60 Å². The Morgan fingerprint density at radius 2 is 2.10 bits per heavy atom. The van der Waals surface area contributed by atoms with E-state index in [1.165, 1.54) is 0 Å².